The molecule has 0 rings (SSSR count). The zero-order valence-corrected chi connectivity index (χ0v) is 6.65. The van der Waals surface area contributed by atoms with Crippen molar-refractivity contribution in [3.8, 4) is 0 Å². The summed E-state index contributed by atoms with van der Waals surface area (Å²) in [5.41, 5.74) is 0. The lowest BCUT2D eigenvalue weighted by Gasteiger charge is -2.22. The topological polar surface area (TPSA) is 60.7 Å². The molecule has 0 amide bonds. The molecule has 10 heavy (non-hydrogen) atoms. The molecular weight excluding hydrogens is 132 g/mol. The predicted molar refractivity (Wildman–Crippen MR) is 38.5 cm³/mol. The van der Waals surface area contributed by atoms with Crippen molar-refractivity contribution in [2.24, 2.45) is 5.92 Å². The van der Waals surface area contributed by atoms with Crippen molar-refractivity contribution in [2.45, 2.75) is 39.1 Å². The summed E-state index contributed by atoms with van der Waals surface area (Å²) in [5, 5.41) is 27.1. The summed E-state index contributed by atoms with van der Waals surface area (Å²) < 4.78 is 0. The minimum Gasteiger partial charge on any atom is -0.391 e. The van der Waals surface area contributed by atoms with Crippen LogP contribution in [0.1, 0.15) is 20.8 Å². The van der Waals surface area contributed by atoms with Crippen molar-refractivity contribution >= 4 is 0 Å². The standard InChI is InChI=1S/C7H16O3/c1-4(2)6(9)7(10)5(3)8/h4-10H,1-3H3. The van der Waals surface area contributed by atoms with Gasteiger partial charge in [0.1, 0.15) is 6.10 Å². The Labute approximate surface area is 61.3 Å². The largest absolute Gasteiger partial charge is 0.391 e. The second kappa shape index (κ2) is 3.91. The van der Waals surface area contributed by atoms with Gasteiger partial charge in [0.05, 0.1) is 12.2 Å². The molecule has 0 spiro atoms. The number of hydrogen-bond donors (Lipinski definition) is 3. The van der Waals surface area contributed by atoms with Crippen LogP contribution in [0.4, 0.5) is 0 Å². The summed E-state index contributed by atoms with van der Waals surface area (Å²) in [4.78, 5) is 0. The van der Waals surface area contributed by atoms with Crippen LogP contribution < -0.4 is 0 Å². The average Bonchev–Trinajstić information content (AvgIpc) is 1.84. The summed E-state index contributed by atoms with van der Waals surface area (Å²) in [6, 6.07) is 0. The zero-order valence-electron chi connectivity index (χ0n) is 6.65. The smallest absolute Gasteiger partial charge is 0.106 e. The van der Waals surface area contributed by atoms with E-state index >= 15 is 0 Å². The maximum absolute atomic E-state index is 9.16. The monoisotopic (exact) mass is 148 g/mol. The van der Waals surface area contributed by atoms with Crippen LogP contribution in [0.25, 0.3) is 0 Å². The first-order valence-corrected chi connectivity index (χ1v) is 3.51. The molecule has 3 heteroatoms. The molecule has 0 aliphatic carbocycles. The van der Waals surface area contributed by atoms with Crippen molar-refractivity contribution in [3.63, 3.8) is 0 Å². The van der Waals surface area contributed by atoms with Gasteiger partial charge in [0, 0.05) is 0 Å². The van der Waals surface area contributed by atoms with Gasteiger partial charge < -0.3 is 15.3 Å². The Hall–Kier alpha value is -0.120. The third kappa shape index (κ3) is 2.64. The molecule has 0 saturated carbocycles. The maximum Gasteiger partial charge on any atom is 0.106 e. The Morgan fingerprint density at radius 3 is 1.30 bits per heavy atom. The highest BCUT2D eigenvalue weighted by molar-refractivity contribution is 4.74. The highest BCUT2D eigenvalue weighted by Gasteiger charge is 2.23. The van der Waals surface area contributed by atoms with Gasteiger partial charge in [-0.05, 0) is 12.8 Å². The molecule has 0 heterocycles. The van der Waals surface area contributed by atoms with E-state index in [-0.39, 0.29) is 5.92 Å². The summed E-state index contributed by atoms with van der Waals surface area (Å²) in [6.07, 6.45) is -2.72. The van der Waals surface area contributed by atoms with Crippen molar-refractivity contribution in [3.05, 3.63) is 0 Å². The summed E-state index contributed by atoms with van der Waals surface area (Å²) >= 11 is 0. The SMILES string of the molecule is CC(C)C(O)C(O)C(C)O. The second-order valence-electron chi connectivity index (χ2n) is 2.97. The molecule has 3 atom stereocenters. The van der Waals surface area contributed by atoms with Crippen molar-refractivity contribution in [1.29, 1.82) is 0 Å². The average molecular weight is 148 g/mol. The molecule has 62 valence electrons. The molecule has 3 nitrogen and oxygen atoms in total. The molecule has 0 bridgehead atoms. The highest BCUT2D eigenvalue weighted by Crippen LogP contribution is 2.08. The number of hydrogen-bond acceptors (Lipinski definition) is 3. The Bertz CT molecular complexity index is 78.9. The van der Waals surface area contributed by atoms with E-state index < -0.39 is 18.3 Å². The third-order valence-electron chi connectivity index (χ3n) is 1.53. The number of rotatable bonds is 3. The van der Waals surface area contributed by atoms with Gasteiger partial charge in [-0.15, -0.1) is 0 Å². The van der Waals surface area contributed by atoms with Crippen LogP contribution in [0.2, 0.25) is 0 Å². The lowest BCUT2D eigenvalue weighted by molar-refractivity contribution is -0.0688. The minimum absolute atomic E-state index is 0.0235. The van der Waals surface area contributed by atoms with Gasteiger partial charge in [0.25, 0.3) is 0 Å². The molecule has 0 aliphatic rings. The molecule has 0 aromatic rings. The van der Waals surface area contributed by atoms with Crippen LogP contribution in [0.3, 0.4) is 0 Å². The van der Waals surface area contributed by atoms with Gasteiger partial charge >= 0.3 is 0 Å². The zero-order chi connectivity index (χ0) is 8.31. The third-order valence-corrected chi connectivity index (χ3v) is 1.53. The van der Waals surface area contributed by atoms with Gasteiger partial charge in [0.2, 0.25) is 0 Å². The van der Waals surface area contributed by atoms with E-state index in [1.54, 1.807) is 13.8 Å². The molecule has 0 radical (unpaired) electrons. The van der Waals surface area contributed by atoms with E-state index in [0.717, 1.165) is 0 Å². The second-order valence-corrected chi connectivity index (χ2v) is 2.97. The summed E-state index contributed by atoms with van der Waals surface area (Å²) in [5.74, 6) is -0.0235. The number of aliphatic hydroxyl groups is 3. The molecule has 0 saturated heterocycles. The molecule has 3 N–H and O–H groups in total. The summed E-state index contributed by atoms with van der Waals surface area (Å²) in [6.45, 7) is 5.03. The Morgan fingerprint density at radius 1 is 0.800 bits per heavy atom. The van der Waals surface area contributed by atoms with Crippen LogP contribution in [0.5, 0.6) is 0 Å². The molecule has 0 aromatic carbocycles. The van der Waals surface area contributed by atoms with Gasteiger partial charge in [-0.25, -0.2) is 0 Å². The first kappa shape index (κ1) is 9.88. The van der Waals surface area contributed by atoms with Gasteiger partial charge in [-0.2, -0.15) is 0 Å². The Kier molecular flexibility index (Phi) is 3.86. The minimum atomic E-state index is -1.03. The van der Waals surface area contributed by atoms with Gasteiger partial charge in [-0.3, -0.25) is 0 Å². The van der Waals surface area contributed by atoms with E-state index in [4.69, 9.17) is 15.3 Å². The fraction of sp³-hybridized carbons (Fsp3) is 1.00. The lowest BCUT2D eigenvalue weighted by Crippen LogP contribution is -2.38. The molecular formula is C7H16O3. The highest BCUT2D eigenvalue weighted by atomic mass is 16.4. The van der Waals surface area contributed by atoms with Crippen LogP contribution in [0.15, 0.2) is 0 Å². The van der Waals surface area contributed by atoms with Crippen molar-refractivity contribution in [2.75, 3.05) is 0 Å². The quantitative estimate of drug-likeness (QED) is 0.517. The van der Waals surface area contributed by atoms with E-state index in [2.05, 4.69) is 0 Å². The normalized spacial score (nSPS) is 20.7. The molecule has 3 unspecified atom stereocenters. The fourth-order valence-electron chi connectivity index (χ4n) is 0.680. The van der Waals surface area contributed by atoms with E-state index in [1.807, 2.05) is 0 Å². The number of aliphatic hydroxyl groups excluding tert-OH is 3. The fourth-order valence-corrected chi connectivity index (χ4v) is 0.680. The summed E-state index contributed by atoms with van der Waals surface area (Å²) in [7, 11) is 0. The first-order chi connectivity index (χ1) is 4.46. The predicted octanol–water partition coefficient (Wildman–Crippen LogP) is -0.255. The van der Waals surface area contributed by atoms with Crippen LogP contribution in [-0.4, -0.2) is 33.6 Å². The van der Waals surface area contributed by atoms with E-state index in [0.29, 0.717) is 0 Å². The van der Waals surface area contributed by atoms with E-state index in [1.165, 1.54) is 6.92 Å². The van der Waals surface area contributed by atoms with Crippen LogP contribution in [0, 0.1) is 5.92 Å². The van der Waals surface area contributed by atoms with Gasteiger partial charge in [0.15, 0.2) is 0 Å². The van der Waals surface area contributed by atoms with E-state index in [9.17, 15) is 0 Å². The Balaban J connectivity index is 3.81. The van der Waals surface area contributed by atoms with Crippen LogP contribution >= 0.6 is 0 Å². The maximum atomic E-state index is 9.16. The van der Waals surface area contributed by atoms with Crippen LogP contribution in [-0.2, 0) is 0 Å². The lowest BCUT2D eigenvalue weighted by atomic mass is 9.99. The molecule has 0 fully saturated rings. The molecule has 0 aromatic heterocycles. The molecule has 0 aliphatic heterocycles. The first-order valence-electron chi connectivity index (χ1n) is 3.51. The van der Waals surface area contributed by atoms with Gasteiger partial charge in [-0.1, -0.05) is 13.8 Å². The van der Waals surface area contributed by atoms with Crippen molar-refractivity contribution in [1.82, 2.24) is 0 Å². The van der Waals surface area contributed by atoms with Crippen molar-refractivity contribution < 1.29 is 15.3 Å². The Morgan fingerprint density at radius 2 is 1.20 bits per heavy atom.